The fourth-order valence-electron chi connectivity index (χ4n) is 7.43. The molecule has 4 aliphatic rings. The van der Waals surface area contributed by atoms with Crippen molar-refractivity contribution in [1.82, 2.24) is 0 Å². The van der Waals surface area contributed by atoms with Crippen LogP contribution in [0.4, 0.5) is 0 Å². The van der Waals surface area contributed by atoms with Gasteiger partial charge in [-0.15, -0.1) is 0 Å². The van der Waals surface area contributed by atoms with Crippen molar-refractivity contribution in [2.75, 3.05) is 14.2 Å². The highest BCUT2D eigenvalue weighted by atomic mass is 28.4. The van der Waals surface area contributed by atoms with Gasteiger partial charge in [-0.3, -0.25) is 0 Å². The van der Waals surface area contributed by atoms with Crippen LogP contribution in [0.2, 0.25) is 19.6 Å². The van der Waals surface area contributed by atoms with Crippen molar-refractivity contribution >= 4 is 20.2 Å². The minimum Gasteiger partial charge on any atom is -0.414 e. The zero-order valence-electron chi connectivity index (χ0n) is 19.7. The molecule has 0 N–H and O–H groups in total. The zero-order chi connectivity index (χ0) is 21.6. The molecule has 6 atom stereocenters. The summed E-state index contributed by atoms with van der Waals surface area (Å²) in [5.74, 6) is 2.16. The first-order chi connectivity index (χ1) is 14.2. The second kappa shape index (κ2) is 8.08. The molecule has 0 heterocycles. The lowest BCUT2D eigenvalue weighted by Crippen LogP contribution is -2.53. The Labute approximate surface area is 183 Å². The molecule has 0 spiro atoms. The molecule has 0 aliphatic heterocycles. The fraction of sp³-hybridized carbons (Fsp3) is 0.833. The Bertz CT molecular complexity index is 743. The van der Waals surface area contributed by atoms with E-state index >= 15 is 0 Å². The minimum atomic E-state index is -1.54. The zero-order valence-corrected chi connectivity index (χ0v) is 20.7. The van der Waals surface area contributed by atoms with E-state index < -0.39 is 8.32 Å². The van der Waals surface area contributed by atoms with Crippen molar-refractivity contribution in [1.29, 1.82) is 0 Å². The van der Waals surface area contributed by atoms with Crippen molar-refractivity contribution in [3.63, 3.8) is 0 Å². The first-order valence-corrected chi connectivity index (χ1v) is 15.2. The summed E-state index contributed by atoms with van der Waals surface area (Å²) in [7, 11) is 1.76. The summed E-state index contributed by atoms with van der Waals surface area (Å²) in [6, 6.07) is 0. The predicted molar refractivity (Wildman–Crippen MR) is 124 cm³/mol. The van der Waals surface area contributed by atoms with Gasteiger partial charge in [0.1, 0.15) is 14.2 Å². The fourth-order valence-corrected chi connectivity index (χ4v) is 8.68. The average molecular weight is 433 g/mol. The number of hydrogen-bond acceptors (Lipinski definition) is 5. The van der Waals surface area contributed by atoms with Crippen LogP contribution in [-0.2, 0) is 14.1 Å². The Morgan fingerprint density at radius 3 is 2.50 bits per heavy atom. The van der Waals surface area contributed by atoms with Crippen molar-refractivity contribution in [3.05, 3.63) is 11.6 Å². The smallest absolute Gasteiger partial charge is 0.184 e. The van der Waals surface area contributed by atoms with Gasteiger partial charge in [-0.05, 0) is 100 Å². The first-order valence-electron chi connectivity index (χ1n) is 11.8. The Morgan fingerprint density at radius 1 is 1.00 bits per heavy atom. The number of hydrogen-bond donors (Lipinski definition) is 0. The molecule has 0 saturated heterocycles. The van der Waals surface area contributed by atoms with Gasteiger partial charge >= 0.3 is 0 Å². The Morgan fingerprint density at radius 2 is 1.80 bits per heavy atom. The molecule has 4 aliphatic carbocycles. The molecule has 6 heteroatoms. The van der Waals surface area contributed by atoms with Gasteiger partial charge < -0.3 is 14.1 Å². The Hall–Kier alpha value is -1.14. The van der Waals surface area contributed by atoms with Crippen molar-refractivity contribution < 1.29 is 14.1 Å². The molecule has 30 heavy (non-hydrogen) atoms. The van der Waals surface area contributed by atoms with E-state index in [4.69, 9.17) is 14.1 Å². The van der Waals surface area contributed by atoms with E-state index in [1.54, 1.807) is 14.2 Å². The van der Waals surface area contributed by atoms with E-state index in [-0.39, 0.29) is 5.41 Å². The normalized spacial score (nSPS) is 42.5. The number of fused-ring (bicyclic) bond motifs is 5. The molecule has 0 amide bonds. The molecule has 0 unspecified atom stereocenters. The second-order valence-electron chi connectivity index (χ2n) is 11.1. The van der Waals surface area contributed by atoms with Gasteiger partial charge in [0.2, 0.25) is 0 Å². The third-order valence-electron chi connectivity index (χ3n) is 8.59. The molecule has 3 fully saturated rings. The number of oxime groups is 2. The van der Waals surface area contributed by atoms with Gasteiger partial charge in [0.25, 0.3) is 0 Å². The largest absolute Gasteiger partial charge is 0.414 e. The summed E-state index contributed by atoms with van der Waals surface area (Å²) in [6.07, 6.45) is 14.4. The van der Waals surface area contributed by atoms with E-state index in [1.807, 2.05) is 0 Å². The van der Waals surface area contributed by atoms with Crippen LogP contribution in [0.15, 0.2) is 22.0 Å². The molecule has 3 saturated carbocycles. The molecule has 0 aromatic carbocycles. The first kappa shape index (κ1) is 22.1. The average Bonchev–Trinajstić information content (AvgIpc) is 3.01. The number of nitrogens with zero attached hydrogens (tertiary/aromatic N) is 2. The van der Waals surface area contributed by atoms with Crippen molar-refractivity contribution in [2.24, 2.45) is 38.9 Å². The van der Waals surface area contributed by atoms with E-state index in [0.717, 1.165) is 36.8 Å². The molecule has 168 valence electrons. The number of rotatable bonds is 5. The lowest BCUT2D eigenvalue weighted by Gasteiger charge is -2.58. The lowest BCUT2D eigenvalue weighted by molar-refractivity contribution is -0.0562. The molecule has 0 radical (unpaired) electrons. The summed E-state index contributed by atoms with van der Waals surface area (Å²) in [6.45, 7) is 9.55. The molecule has 5 nitrogen and oxygen atoms in total. The van der Waals surface area contributed by atoms with Gasteiger partial charge in [-0.2, -0.15) is 0 Å². The van der Waals surface area contributed by atoms with Crippen LogP contribution in [0.5, 0.6) is 0 Å². The summed E-state index contributed by atoms with van der Waals surface area (Å²) in [4.78, 5) is 10.3. The maximum Gasteiger partial charge on any atom is 0.184 e. The monoisotopic (exact) mass is 432 g/mol. The van der Waals surface area contributed by atoms with Crippen LogP contribution in [0.3, 0.4) is 0 Å². The molecular weight excluding hydrogens is 392 g/mol. The van der Waals surface area contributed by atoms with Crippen molar-refractivity contribution in [3.8, 4) is 0 Å². The maximum atomic E-state index is 6.74. The Kier molecular flexibility index (Phi) is 5.95. The highest BCUT2D eigenvalue weighted by molar-refractivity contribution is 6.69. The van der Waals surface area contributed by atoms with Gasteiger partial charge in [-0.25, -0.2) is 0 Å². The van der Waals surface area contributed by atoms with Crippen LogP contribution in [-0.4, -0.2) is 40.6 Å². The van der Waals surface area contributed by atoms with Gasteiger partial charge in [-0.1, -0.05) is 22.8 Å². The second-order valence-corrected chi connectivity index (χ2v) is 15.6. The summed E-state index contributed by atoms with van der Waals surface area (Å²) < 4.78 is 6.74. The highest BCUT2D eigenvalue weighted by Crippen LogP contribution is 2.65. The van der Waals surface area contributed by atoms with Crippen LogP contribution in [0.25, 0.3) is 0 Å². The SMILES string of the molecule is CO/N=C\[C@]12CC/C(=N/OC)C=C1CC[C@H]1[C@@H]3CC[C@H](O[Si](C)(C)C)[C@@]3(C)CC[C@@H]12. The molecule has 0 aromatic heterocycles. The van der Waals surface area contributed by atoms with Crippen LogP contribution in [0, 0.1) is 28.6 Å². The Balaban J connectivity index is 1.65. The van der Waals surface area contributed by atoms with E-state index in [1.165, 1.54) is 37.7 Å². The molecule has 0 bridgehead atoms. The predicted octanol–water partition coefficient (Wildman–Crippen LogP) is 5.78. The quantitative estimate of drug-likeness (QED) is 0.314. The molecule has 0 aromatic rings. The third kappa shape index (κ3) is 3.68. The standard InChI is InChI=1S/C24H40N2O3Si/c1-23-13-12-21-19(20(23)9-10-22(23)29-30(4,5)6)8-7-17-15-18(26-28-3)11-14-24(17,21)16-25-27-2/h15-16,19-22H,7-14H2,1-6H3/b25-16-,26-18-/t19-,20-,21-,22-,23-,24+/m0/s1. The van der Waals surface area contributed by atoms with Crippen LogP contribution >= 0.6 is 0 Å². The topological polar surface area (TPSA) is 52.4 Å². The van der Waals surface area contributed by atoms with Gasteiger partial charge in [0, 0.05) is 5.41 Å². The van der Waals surface area contributed by atoms with Crippen LogP contribution in [0.1, 0.15) is 58.3 Å². The van der Waals surface area contributed by atoms with Gasteiger partial charge in [0.05, 0.1) is 18.0 Å². The third-order valence-corrected chi connectivity index (χ3v) is 9.58. The van der Waals surface area contributed by atoms with Gasteiger partial charge in [0.15, 0.2) is 8.32 Å². The number of allylic oxidation sites excluding steroid dienone is 2. The van der Waals surface area contributed by atoms with E-state index in [0.29, 0.717) is 17.4 Å². The van der Waals surface area contributed by atoms with E-state index in [2.05, 4.69) is 49.2 Å². The van der Waals surface area contributed by atoms with Crippen molar-refractivity contribution in [2.45, 2.75) is 84.0 Å². The van der Waals surface area contributed by atoms with E-state index in [9.17, 15) is 0 Å². The summed E-state index contributed by atoms with van der Waals surface area (Å²) >= 11 is 0. The molecular formula is C24H40N2O3Si. The highest BCUT2D eigenvalue weighted by Gasteiger charge is 2.60. The van der Waals surface area contributed by atoms with Crippen LogP contribution < -0.4 is 0 Å². The lowest BCUT2D eigenvalue weighted by atomic mass is 9.47. The summed E-state index contributed by atoms with van der Waals surface area (Å²) in [5.41, 5.74) is 2.91. The summed E-state index contributed by atoms with van der Waals surface area (Å²) in [5, 5.41) is 8.59. The maximum absolute atomic E-state index is 6.74. The minimum absolute atomic E-state index is 0.0186. The molecule has 4 rings (SSSR count).